The first kappa shape index (κ1) is 18.4. The summed E-state index contributed by atoms with van der Waals surface area (Å²) in [6.07, 6.45) is 4.26. The molecule has 1 spiro atoms. The molecule has 0 unspecified atom stereocenters. The highest BCUT2D eigenvalue weighted by Crippen LogP contribution is 2.54. The molecular formula is C24H25NO3. The second-order valence-corrected chi connectivity index (χ2v) is 7.88. The third-order valence-electron chi connectivity index (χ3n) is 5.73. The van der Waals surface area contributed by atoms with Gasteiger partial charge in [0.1, 0.15) is 12.4 Å². The van der Waals surface area contributed by atoms with Gasteiger partial charge in [-0.3, -0.25) is 0 Å². The van der Waals surface area contributed by atoms with E-state index in [2.05, 4.69) is 55.7 Å². The normalized spacial score (nSPS) is 21.0. The smallest absolute Gasteiger partial charge is 0.333 e. The van der Waals surface area contributed by atoms with E-state index in [0.717, 1.165) is 17.0 Å². The fourth-order valence-electron chi connectivity index (χ4n) is 4.18. The van der Waals surface area contributed by atoms with Gasteiger partial charge in [0.05, 0.1) is 12.0 Å². The van der Waals surface area contributed by atoms with Gasteiger partial charge in [0, 0.05) is 16.8 Å². The molecule has 144 valence electrons. The molecule has 0 bridgehead atoms. The van der Waals surface area contributed by atoms with Crippen molar-refractivity contribution in [3.8, 4) is 5.75 Å². The van der Waals surface area contributed by atoms with Crippen LogP contribution in [0.25, 0.3) is 6.08 Å². The van der Waals surface area contributed by atoms with Crippen molar-refractivity contribution in [2.75, 3.05) is 18.1 Å². The zero-order valence-electron chi connectivity index (χ0n) is 16.6. The van der Waals surface area contributed by atoms with Gasteiger partial charge in [-0.25, -0.2) is 4.79 Å². The molecule has 4 heteroatoms. The van der Waals surface area contributed by atoms with Gasteiger partial charge in [-0.1, -0.05) is 43.0 Å². The van der Waals surface area contributed by atoms with Crippen LogP contribution in [0.2, 0.25) is 0 Å². The van der Waals surface area contributed by atoms with Crippen molar-refractivity contribution in [1.29, 1.82) is 0 Å². The number of carbonyl (C=O) groups excluding carboxylic acids is 1. The molecule has 4 nitrogen and oxygen atoms in total. The second kappa shape index (κ2) is 6.55. The van der Waals surface area contributed by atoms with Crippen LogP contribution in [0.4, 0.5) is 5.69 Å². The summed E-state index contributed by atoms with van der Waals surface area (Å²) in [6, 6.07) is 16.4. The van der Waals surface area contributed by atoms with E-state index in [0.29, 0.717) is 12.1 Å². The Morgan fingerprint density at radius 1 is 1.14 bits per heavy atom. The largest absolute Gasteiger partial charge is 0.463 e. The molecule has 4 rings (SSSR count). The SMILES string of the molecule is C=C(C)C(=O)OCCN1c2ccccc2C(C)(C)[C@]12C=Cc1ccccc1O2. The third kappa shape index (κ3) is 2.63. The molecule has 0 saturated carbocycles. The molecule has 0 aliphatic carbocycles. The fourth-order valence-corrected chi connectivity index (χ4v) is 4.18. The first-order chi connectivity index (χ1) is 13.4. The number of fused-ring (bicyclic) bond motifs is 2. The van der Waals surface area contributed by atoms with E-state index in [1.54, 1.807) is 6.92 Å². The zero-order valence-corrected chi connectivity index (χ0v) is 16.6. The molecule has 0 N–H and O–H groups in total. The van der Waals surface area contributed by atoms with Crippen LogP contribution in [-0.4, -0.2) is 24.8 Å². The van der Waals surface area contributed by atoms with Crippen LogP contribution in [0.3, 0.4) is 0 Å². The highest BCUT2D eigenvalue weighted by molar-refractivity contribution is 5.87. The van der Waals surface area contributed by atoms with Crippen molar-refractivity contribution in [1.82, 2.24) is 0 Å². The van der Waals surface area contributed by atoms with E-state index in [1.165, 1.54) is 5.56 Å². The minimum Gasteiger partial charge on any atom is -0.463 e. The van der Waals surface area contributed by atoms with E-state index < -0.39 is 5.72 Å². The summed E-state index contributed by atoms with van der Waals surface area (Å²) >= 11 is 0. The number of para-hydroxylation sites is 2. The van der Waals surface area contributed by atoms with Crippen molar-refractivity contribution >= 4 is 17.7 Å². The van der Waals surface area contributed by atoms with Gasteiger partial charge < -0.3 is 14.4 Å². The molecule has 28 heavy (non-hydrogen) atoms. The minimum atomic E-state index is -0.694. The summed E-state index contributed by atoms with van der Waals surface area (Å²) in [5.74, 6) is 0.487. The molecule has 2 aromatic carbocycles. The highest BCUT2D eigenvalue weighted by atomic mass is 16.5. The van der Waals surface area contributed by atoms with Gasteiger partial charge in [-0.05, 0) is 50.6 Å². The summed E-state index contributed by atoms with van der Waals surface area (Å²) in [5.41, 5.74) is 2.79. The van der Waals surface area contributed by atoms with Crippen LogP contribution in [0.5, 0.6) is 5.75 Å². The number of nitrogens with zero attached hydrogens (tertiary/aromatic N) is 1. The standard InChI is InChI=1S/C24H25NO3/c1-17(2)22(26)27-16-15-25-20-11-7-6-10-19(20)23(3,4)24(25)14-13-18-9-5-8-12-21(18)28-24/h5-14H,1,15-16H2,2-4H3/t24-/m1/s1. The van der Waals surface area contributed by atoms with E-state index >= 15 is 0 Å². The lowest BCUT2D eigenvalue weighted by Gasteiger charge is -2.47. The summed E-state index contributed by atoms with van der Waals surface area (Å²) in [6.45, 7) is 10.5. The van der Waals surface area contributed by atoms with Crippen LogP contribution in [0.1, 0.15) is 31.9 Å². The quantitative estimate of drug-likeness (QED) is 0.573. The Hall–Kier alpha value is -3.01. The Bertz CT molecular complexity index is 975. The van der Waals surface area contributed by atoms with E-state index in [1.807, 2.05) is 30.3 Å². The molecule has 2 heterocycles. The number of benzene rings is 2. The molecule has 1 atom stereocenters. The maximum absolute atomic E-state index is 11.8. The van der Waals surface area contributed by atoms with Crippen LogP contribution >= 0.6 is 0 Å². The van der Waals surface area contributed by atoms with Crippen molar-refractivity contribution in [3.05, 3.63) is 77.9 Å². The topological polar surface area (TPSA) is 38.8 Å². The summed E-state index contributed by atoms with van der Waals surface area (Å²) in [4.78, 5) is 14.0. The molecule has 0 fully saturated rings. The Morgan fingerprint density at radius 3 is 2.64 bits per heavy atom. The Balaban J connectivity index is 1.73. The molecule has 2 aliphatic heterocycles. The monoisotopic (exact) mass is 375 g/mol. The molecule has 0 radical (unpaired) electrons. The lowest BCUT2D eigenvalue weighted by atomic mass is 9.76. The van der Waals surface area contributed by atoms with Crippen LogP contribution < -0.4 is 9.64 Å². The Kier molecular flexibility index (Phi) is 4.30. The molecule has 0 amide bonds. The Morgan fingerprint density at radius 2 is 1.86 bits per heavy atom. The third-order valence-corrected chi connectivity index (χ3v) is 5.73. The molecule has 2 aromatic rings. The first-order valence-electron chi connectivity index (χ1n) is 9.54. The van der Waals surface area contributed by atoms with Crippen molar-refractivity contribution in [2.24, 2.45) is 0 Å². The van der Waals surface area contributed by atoms with Gasteiger partial charge in [0.25, 0.3) is 0 Å². The van der Waals surface area contributed by atoms with Gasteiger partial charge >= 0.3 is 5.97 Å². The average Bonchev–Trinajstić information content (AvgIpc) is 2.86. The number of ether oxygens (including phenoxy) is 2. The predicted molar refractivity (Wildman–Crippen MR) is 111 cm³/mol. The van der Waals surface area contributed by atoms with Crippen molar-refractivity contribution < 1.29 is 14.3 Å². The summed E-state index contributed by atoms with van der Waals surface area (Å²) < 4.78 is 12.1. The summed E-state index contributed by atoms with van der Waals surface area (Å²) in [5, 5.41) is 0. The number of esters is 1. The van der Waals surface area contributed by atoms with Crippen LogP contribution in [-0.2, 0) is 14.9 Å². The molecular weight excluding hydrogens is 350 g/mol. The highest BCUT2D eigenvalue weighted by Gasteiger charge is 2.58. The van der Waals surface area contributed by atoms with Gasteiger partial charge in [0.2, 0.25) is 5.72 Å². The zero-order chi connectivity index (χ0) is 19.9. The number of hydrogen-bond acceptors (Lipinski definition) is 4. The van der Waals surface area contributed by atoms with Crippen LogP contribution in [0.15, 0.2) is 66.8 Å². The maximum atomic E-state index is 11.8. The molecule has 0 aromatic heterocycles. The van der Waals surface area contributed by atoms with Gasteiger partial charge in [-0.2, -0.15) is 0 Å². The van der Waals surface area contributed by atoms with E-state index in [9.17, 15) is 4.79 Å². The lowest BCUT2D eigenvalue weighted by Crippen LogP contribution is -2.60. The Labute approximate surface area is 166 Å². The average molecular weight is 375 g/mol. The lowest BCUT2D eigenvalue weighted by molar-refractivity contribution is -0.138. The van der Waals surface area contributed by atoms with Gasteiger partial charge in [-0.15, -0.1) is 0 Å². The number of anilines is 1. The number of rotatable bonds is 4. The van der Waals surface area contributed by atoms with Gasteiger partial charge in [0.15, 0.2) is 0 Å². The van der Waals surface area contributed by atoms with Crippen LogP contribution in [0, 0.1) is 0 Å². The van der Waals surface area contributed by atoms with E-state index in [-0.39, 0.29) is 18.0 Å². The van der Waals surface area contributed by atoms with E-state index in [4.69, 9.17) is 9.47 Å². The second-order valence-electron chi connectivity index (χ2n) is 7.88. The van der Waals surface area contributed by atoms with Crippen molar-refractivity contribution in [3.63, 3.8) is 0 Å². The maximum Gasteiger partial charge on any atom is 0.333 e. The fraction of sp³-hybridized carbons (Fsp3) is 0.292. The number of carbonyl (C=O) groups is 1. The van der Waals surface area contributed by atoms with Crippen molar-refractivity contribution in [2.45, 2.75) is 31.9 Å². The first-order valence-corrected chi connectivity index (χ1v) is 9.54. The number of hydrogen-bond donors (Lipinski definition) is 0. The molecule has 0 saturated heterocycles. The summed E-state index contributed by atoms with van der Waals surface area (Å²) in [7, 11) is 0. The predicted octanol–water partition coefficient (Wildman–Crippen LogP) is 4.71. The molecule has 2 aliphatic rings. The minimum absolute atomic E-state index is 0.261.